The molecule has 0 aliphatic carbocycles. The van der Waals surface area contributed by atoms with Gasteiger partial charge in [-0.1, -0.05) is 33.3 Å². The molecule has 1 aromatic heterocycles. The number of ketones is 1. The molecular formula is C18H20NNiO-. The van der Waals surface area contributed by atoms with Crippen LogP contribution in [-0.2, 0) is 16.5 Å². The van der Waals surface area contributed by atoms with Crippen LogP contribution in [-0.4, -0.2) is 10.8 Å². The second-order valence-electron chi connectivity index (χ2n) is 5.34. The number of rotatable bonds is 5. The SMILES string of the molecule is CCC(c1cc[c-]c(C(=O)c2ccccn2)c1)C(C)C.[Ni]. The zero-order valence-electron chi connectivity index (χ0n) is 12.6. The Bertz CT molecular complexity index is 581. The minimum atomic E-state index is -0.0638. The normalized spacial score (nSPS) is 11.8. The summed E-state index contributed by atoms with van der Waals surface area (Å²) in [5.74, 6) is 0.964. The third-order valence-corrected chi connectivity index (χ3v) is 3.64. The molecule has 0 radical (unpaired) electrons. The molecule has 1 heterocycles. The number of hydrogen-bond acceptors (Lipinski definition) is 2. The van der Waals surface area contributed by atoms with E-state index in [9.17, 15) is 4.79 Å². The maximum absolute atomic E-state index is 12.4. The van der Waals surface area contributed by atoms with E-state index >= 15 is 0 Å². The first-order valence-electron chi connectivity index (χ1n) is 7.10. The van der Waals surface area contributed by atoms with Gasteiger partial charge in [-0.2, -0.15) is 0 Å². The first-order chi connectivity index (χ1) is 9.63. The van der Waals surface area contributed by atoms with Crippen molar-refractivity contribution in [1.29, 1.82) is 0 Å². The number of carbonyl (C=O) groups excluding carboxylic acids is 1. The molecule has 0 saturated carbocycles. The number of aromatic nitrogens is 1. The fraction of sp³-hybridized carbons (Fsp3) is 0.333. The number of benzene rings is 1. The summed E-state index contributed by atoms with van der Waals surface area (Å²) in [6.45, 7) is 6.61. The molecular weight excluding hydrogens is 305 g/mol. The zero-order valence-corrected chi connectivity index (χ0v) is 13.6. The van der Waals surface area contributed by atoms with E-state index in [-0.39, 0.29) is 22.3 Å². The monoisotopic (exact) mass is 324 g/mol. The van der Waals surface area contributed by atoms with E-state index in [0.29, 0.717) is 23.1 Å². The second kappa shape index (κ2) is 8.09. The Hall–Kier alpha value is -1.47. The Morgan fingerprint density at radius 1 is 1.29 bits per heavy atom. The number of nitrogens with zero attached hydrogens (tertiary/aromatic N) is 1. The van der Waals surface area contributed by atoms with Gasteiger partial charge in [-0.3, -0.25) is 4.98 Å². The Labute approximate surface area is 136 Å². The van der Waals surface area contributed by atoms with Gasteiger partial charge in [0.15, 0.2) is 0 Å². The Kier molecular flexibility index (Phi) is 6.78. The minimum Gasteiger partial charge on any atom is -0.345 e. The predicted octanol–water partition coefficient (Wildman–Crippen LogP) is 4.26. The maximum Gasteiger partial charge on any atom is 0.126 e. The fourth-order valence-electron chi connectivity index (χ4n) is 2.57. The largest absolute Gasteiger partial charge is 0.345 e. The van der Waals surface area contributed by atoms with Gasteiger partial charge in [0, 0.05) is 22.7 Å². The van der Waals surface area contributed by atoms with Crippen LogP contribution in [0, 0.1) is 12.0 Å². The first kappa shape index (κ1) is 17.6. The Balaban J connectivity index is 0.00000220. The van der Waals surface area contributed by atoms with Crippen molar-refractivity contribution in [3.8, 4) is 0 Å². The van der Waals surface area contributed by atoms with Crippen LogP contribution >= 0.6 is 0 Å². The van der Waals surface area contributed by atoms with Crippen molar-refractivity contribution < 1.29 is 21.3 Å². The molecule has 2 rings (SSSR count). The van der Waals surface area contributed by atoms with Gasteiger partial charge in [0.05, 0.1) is 5.69 Å². The molecule has 21 heavy (non-hydrogen) atoms. The van der Waals surface area contributed by atoms with Gasteiger partial charge in [0.25, 0.3) is 0 Å². The van der Waals surface area contributed by atoms with Crippen molar-refractivity contribution in [1.82, 2.24) is 4.98 Å². The molecule has 0 amide bonds. The van der Waals surface area contributed by atoms with Crippen molar-refractivity contribution >= 4 is 5.78 Å². The van der Waals surface area contributed by atoms with Crippen molar-refractivity contribution in [2.45, 2.75) is 33.1 Å². The molecule has 3 heteroatoms. The van der Waals surface area contributed by atoms with E-state index in [4.69, 9.17) is 0 Å². The molecule has 2 nitrogen and oxygen atoms in total. The molecule has 1 aromatic carbocycles. The average molecular weight is 325 g/mol. The predicted molar refractivity (Wildman–Crippen MR) is 80.8 cm³/mol. The molecule has 1 atom stereocenters. The molecule has 0 fully saturated rings. The van der Waals surface area contributed by atoms with Crippen molar-refractivity contribution in [2.75, 3.05) is 0 Å². The van der Waals surface area contributed by atoms with Gasteiger partial charge >= 0.3 is 0 Å². The van der Waals surface area contributed by atoms with Crippen LogP contribution in [0.4, 0.5) is 0 Å². The van der Waals surface area contributed by atoms with E-state index < -0.39 is 0 Å². The summed E-state index contributed by atoms with van der Waals surface area (Å²) >= 11 is 0. The van der Waals surface area contributed by atoms with E-state index in [0.717, 1.165) is 6.42 Å². The molecule has 1 unspecified atom stereocenters. The Morgan fingerprint density at radius 3 is 2.62 bits per heavy atom. The smallest absolute Gasteiger partial charge is 0.126 e. The summed E-state index contributed by atoms with van der Waals surface area (Å²) in [5, 5.41) is 0. The van der Waals surface area contributed by atoms with Gasteiger partial charge in [-0.15, -0.1) is 35.4 Å². The van der Waals surface area contributed by atoms with Crippen LogP contribution in [0.15, 0.2) is 42.6 Å². The molecule has 0 aliphatic heterocycles. The van der Waals surface area contributed by atoms with Crippen LogP contribution in [0.2, 0.25) is 0 Å². The summed E-state index contributed by atoms with van der Waals surface area (Å²) in [6.07, 6.45) is 2.71. The topological polar surface area (TPSA) is 30.0 Å². The summed E-state index contributed by atoms with van der Waals surface area (Å²) < 4.78 is 0. The molecule has 0 aliphatic rings. The van der Waals surface area contributed by atoms with Gasteiger partial charge in [-0.25, -0.2) is 0 Å². The van der Waals surface area contributed by atoms with Gasteiger partial charge < -0.3 is 4.79 Å². The fourth-order valence-corrected chi connectivity index (χ4v) is 2.57. The quantitative estimate of drug-likeness (QED) is 0.467. The van der Waals surface area contributed by atoms with Crippen molar-refractivity contribution in [2.24, 2.45) is 5.92 Å². The summed E-state index contributed by atoms with van der Waals surface area (Å²) in [4.78, 5) is 16.5. The van der Waals surface area contributed by atoms with E-state index in [2.05, 4.69) is 37.9 Å². The average Bonchev–Trinajstić information content (AvgIpc) is 2.48. The van der Waals surface area contributed by atoms with Crippen molar-refractivity contribution in [3.05, 3.63) is 65.5 Å². The van der Waals surface area contributed by atoms with E-state index in [1.165, 1.54) is 5.56 Å². The maximum atomic E-state index is 12.4. The number of pyridine rings is 1. The third kappa shape index (κ3) is 4.25. The first-order valence-corrected chi connectivity index (χ1v) is 7.10. The van der Waals surface area contributed by atoms with Crippen LogP contribution in [0.25, 0.3) is 0 Å². The summed E-state index contributed by atoms with van der Waals surface area (Å²) in [5.41, 5.74) is 2.28. The molecule has 0 N–H and O–H groups in total. The van der Waals surface area contributed by atoms with Gasteiger partial charge in [-0.05, 0) is 24.0 Å². The molecule has 2 aromatic rings. The number of hydrogen-bond donors (Lipinski definition) is 0. The van der Waals surface area contributed by atoms with E-state index in [1.807, 2.05) is 24.3 Å². The Morgan fingerprint density at radius 2 is 2.05 bits per heavy atom. The second-order valence-corrected chi connectivity index (χ2v) is 5.34. The molecule has 0 saturated heterocycles. The van der Waals surface area contributed by atoms with Crippen LogP contribution in [0.3, 0.4) is 0 Å². The van der Waals surface area contributed by atoms with Crippen LogP contribution in [0.5, 0.6) is 0 Å². The number of carbonyl (C=O) groups is 1. The molecule has 0 spiro atoms. The van der Waals surface area contributed by atoms with Gasteiger partial charge in [0.2, 0.25) is 0 Å². The zero-order chi connectivity index (χ0) is 14.5. The summed E-state index contributed by atoms with van der Waals surface area (Å²) in [7, 11) is 0. The van der Waals surface area contributed by atoms with Gasteiger partial charge in [0.1, 0.15) is 5.78 Å². The van der Waals surface area contributed by atoms with Crippen molar-refractivity contribution in [3.63, 3.8) is 0 Å². The summed E-state index contributed by atoms with van der Waals surface area (Å²) in [6, 6.07) is 14.3. The molecule has 0 bridgehead atoms. The van der Waals surface area contributed by atoms with Crippen LogP contribution < -0.4 is 0 Å². The molecule has 114 valence electrons. The minimum absolute atomic E-state index is 0. The standard InChI is InChI=1S/C18H20NO.Ni/c1-4-16(13(2)3)14-8-7-9-15(12-14)18(20)17-10-5-6-11-19-17;/h5-8,10-13,16H,4H2,1-3H3;/q-1;. The van der Waals surface area contributed by atoms with E-state index in [1.54, 1.807) is 12.3 Å². The van der Waals surface area contributed by atoms with Crippen LogP contribution in [0.1, 0.15) is 54.7 Å². The third-order valence-electron chi connectivity index (χ3n) is 3.64.